The van der Waals surface area contributed by atoms with Crippen molar-refractivity contribution in [3.05, 3.63) is 24.0 Å². The van der Waals surface area contributed by atoms with E-state index in [1.165, 1.54) is 0 Å². The second-order valence-electron chi connectivity index (χ2n) is 1.43. The van der Waals surface area contributed by atoms with Gasteiger partial charge < -0.3 is 5.73 Å². The molecule has 0 bridgehead atoms. The molecule has 2 heteroatoms. The van der Waals surface area contributed by atoms with Gasteiger partial charge in [-0.25, -0.2) is 0 Å². The van der Waals surface area contributed by atoms with Crippen LogP contribution in [0.5, 0.6) is 0 Å². The van der Waals surface area contributed by atoms with Gasteiger partial charge in [0.25, 0.3) is 0 Å². The van der Waals surface area contributed by atoms with Crippen molar-refractivity contribution in [2.24, 2.45) is 10.7 Å². The smallest absolute Gasteiger partial charge is 0.0261 e. The number of nitrogens with zero attached hydrogens (tertiary/aromatic N) is 1. The van der Waals surface area contributed by atoms with Crippen LogP contribution in [0.2, 0.25) is 0 Å². The van der Waals surface area contributed by atoms with Gasteiger partial charge in [0.1, 0.15) is 0 Å². The lowest BCUT2D eigenvalue weighted by molar-refractivity contribution is 1.31. The van der Waals surface area contributed by atoms with E-state index in [0.29, 0.717) is 0 Å². The third kappa shape index (κ3) is 4.95. The Bertz CT molecular complexity index is 118. The van der Waals surface area contributed by atoms with E-state index in [-0.39, 0.29) is 0 Å². The summed E-state index contributed by atoms with van der Waals surface area (Å²) in [5.74, 6) is 0. The van der Waals surface area contributed by atoms with Gasteiger partial charge in [-0.05, 0) is 25.8 Å². The minimum absolute atomic E-state index is 0.768. The first-order valence-corrected chi connectivity index (χ1v) is 2.32. The number of allylic oxidation sites excluding steroid dienone is 3. The highest BCUT2D eigenvalue weighted by Gasteiger charge is 1.66. The van der Waals surface area contributed by atoms with Crippen LogP contribution in [0.15, 0.2) is 29.0 Å². The molecule has 0 aliphatic rings. The Kier molecular flexibility index (Phi) is 3.58. The largest absolute Gasteiger partial charge is 0.402 e. The molecule has 0 amide bonds. The molecule has 0 spiro atoms. The molecule has 0 aromatic rings. The summed E-state index contributed by atoms with van der Waals surface area (Å²) in [5.41, 5.74) is 6.05. The molecule has 0 aromatic heterocycles. The van der Waals surface area contributed by atoms with Crippen LogP contribution in [-0.4, -0.2) is 6.72 Å². The van der Waals surface area contributed by atoms with Gasteiger partial charge in [0.05, 0.1) is 0 Å². The molecule has 2 nitrogen and oxygen atoms in total. The molecule has 0 saturated carbocycles. The van der Waals surface area contributed by atoms with Crippen molar-refractivity contribution in [3.63, 3.8) is 0 Å². The van der Waals surface area contributed by atoms with Crippen LogP contribution in [-0.2, 0) is 0 Å². The van der Waals surface area contributed by atoms with Gasteiger partial charge in [-0.2, -0.15) is 0 Å². The quantitative estimate of drug-likeness (QED) is 0.419. The van der Waals surface area contributed by atoms with Crippen molar-refractivity contribution in [2.45, 2.75) is 6.92 Å². The monoisotopic (exact) mass is 110 g/mol. The van der Waals surface area contributed by atoms with E-state index >= 15 is 0 Å². The van der Waals surface area contributed by atoms with Gasteiger partial charge >= 0.3 is 0 Å². The topological polar surface area (TPSA) is 38.4 Å². The molecule has 8 heavy (non-hydrogen) atoms. The zero-order valence-electron chi connectivity index (χ0n) is 4.96. The number of aliphatic imine (C=N–C) groups is 1. The maximum atomic E-state index is 5.28. The summed E-state index contributed by atoms with van der Waals surface area (Å²) in [4.78, 5) is 3.48. The van der Waals surface area contributed by atoms with E-state index in [4.69, 9.17) is 5.73 Å². The van der Waals surface area contributed by atoms with Crippen LogP contribution in [0.25, 0.3) is 0 Å². The van der Waals surface area contributed by atoms with Crippen molar-refractivity contribution >= 4 is 6.72 Å². The molecule has 0 aliphatic carbocycles. The molecule has 0 aliphatic heterocycles. The van der Waals surface area contributed by atoms with Gasteiger partial charge in [0.15, 0.2) is 0 Å². The molecular weight excluding hydrogens is 100 g/mol. The molecule has 0 aromatic carbocycles. The van der Waals surface area contributed by atoms with Crippen molar-refractivity contribution in [1.29, 1.82) is 0 Å². The van der Waals surface area contributed by atoms with E-state index in [1.54, 1.807) is 18.4 Å². The summed E-state index contributed by atoms with van der Waals surface area (Å²) in [6.45, 7) is 5.06. The summed E-state index contributed by atoms with van der Waals surface area (Å²) < 4.78 is 0. The van der Waals surface area contributed by atoms with Crippen LogP contribution in [0.1, 0.15) is 6.92 Å². The summed E-state index contributed by atoms with van der Waals surface area (Å²) in [6.07, 6.45) is 5.08. The fourth-order valence-electron chi connectivity index (χ4n) is 0.256. The second-order valence-corrected chi connectivity index (χ2v) is 1.43. The molecule has 44 valence electrons. The van der Waals surface area contributed by atoms with Gasteiger partial charge in [-0.3, -0.25) is 4.99 Å². The maximum Gasteiger partial charge on any atom is 0.0261 e. The molecular formula is C6H10N2. The Labute approximate surface area is 49.4 Å². The van der Waals surface area contributed by atoms with Crippen LogP contribution in [0.3, 0.4) is 0 Å². The minimum Gasteiger partial charge on any atom is -0.402 e. The molecule has 0 saturated heterocycles. The number of nitrogens with two attached hydrogens (primary N) is 1. The first-order chi connectivity index (χ1) is 3.77. The van der Waals surface area contributed by atoms with Crippen LogP contribution < -0.4 is 5.73 Å². The number of hydrogen-bond donors (Lipinski definition) is 1. The zero-order chi connectivity index (χ0) is 6.41. The van der Waals surface area contributed by atoms with E-state index < -0.39 is 0 Å². The fraction of sp³-hybridized carbons (Fsp3) is 0.167. The third-order valence-corrected chi connectivity index (χ3v) is 0.551. The Balaban J connectivity index is 3.57. The lowest BCUT2D eigenvalue weighted by Gasteiger charge is -1.80. The molecule has 2 N–H and O–H groups in total. The van der Waals surface area contributed by atoms with E-state index in [9.17, 15) is 0 Å². The lowest BCUT2D eigenvalue weighted by Crippen LogP contribution is -1.87. The fourth-order valence-corrected chi connectivity index (χ4v) is 0.256. The SMILES string of the molecule is C=N/C=C\C=C(/C)N. The molecule has 0 atom stereocenters. The summed E-state index contributed by atoms with van der Waals surface area (Å²) in [7, 11) is 0. The van der Waals surface area contributed by atoms with Crippen LogP contribution in [0, 0.1) is 0 Å². The highest BCUT2D eigenvalue weighted by Crippen LogP contribution is 1.80. The standard InChI is InChI=1S/C6H10N2/c1-6(7)4-3-5-8-2/h3-5H,2,7H2,1H3/b5-3-,6-4+. The van der Waals surface area contributed by atoms with E-state index in [0.717, 1.165) is 5.70 Å². The highest BCUT2D eigenvalue weighted by molar-refractivity contribution is 5.26. The molecule has 0 radical (unpaired) electrons. The number of hydrogen-bond acceptors (Lipinski definition) is 2. The van der Waals surface area contributed by atoms with Gasteiger partial charge in [0, 0.05) is 11.9 Å². The summed E-state index contributed by atoms with van der Waals surface area (Å²) in [5, 5.41) is 0. The maximum absolute atomic E-state index is 5.28. The van der Waals surface area contributed by atoms with Crippen molar-refractivity contribution in [3.8, 4) is 0 Å². The predicted molar refractivity (Wildman–Crippen MR) is 36.6 cm³/mol. The van der Waals surface area contributed by atoms with E-state index in [1.807, 2.05) is 6.92 Å². The summed E-state index contributed by atoms with van der Waals surface area (Å²) >= 11 is 0. The lowest BCUT2D eigenvalue weighted by atomic mass is 10.4. The average molecular weight is 110 g/mol. The third-order valence-electron chi connectivity index (χ3n) is 0.551. The molecule has 0 fully saturated rings. The average Bonchev–Trinajstić information content (AvgIpc) is 1.66. The Morgan fingerprint density at radius 2 is 2.38 bits per heavy atom. The van der Waals surface area contributed by atoms with Crippen LogP contribution in [0.4, 0.5) is 0 Å². The predicted octanol–water partition coefficient (Wildman–Crippen LogP) is 1.06. The first kappa shape index (κ1) is 6.95. The van der Waals surface area contributed by atoms with Crippen molar-refractivity contribution < 1.29 is 0 Å². The first-order valence-electron chi connectivity index (χ1n) is 2.32. The number of rotatable bonds is 2. The van der Waals surface area contributed by atoms with Crippen molar-refractivity contribution in [1.82, 2.24) is 0 Å². The Morgan fingerprint density at radius 1 is 1.75 bits per heavy atom. The molecule has 0 rings (SSSR count). The Hall–Kier alpha value is -1.05. The van der Waals surface area contributed by atoms with E-state index in [2.05, 4.69) is 11.7 Å². The molecule has 0 heterocycles. The minimum atomic E-state index is 0.768. The zero-order valence-corrected chi connectivity index (χ0v) is 4.96. The van der Waals surface area contributed by atoms with Crippen molar-refractivity contribution in [2.75, 3.05) is 0 Å². The normalized spacial score (nSPS) is 12.4. The Morgan fingerprint density at radius 3 is 2.75 bits per heavy atom. The molecule has 0 unspecified atom stereocenters. The van der Waals surface area contributed by atoms with Gasteiger partial charge in [-0.1, -0.05) is 0 Å². The van der Waals surface area contributed by atoms with Gasteiger partial charge in [-0.15, -0.1) is 0 Å². The summed E-state index contributed by atoms with van der Waals surface area (Å²) in [6, 6.07) is 0. The van der Waals surface area contributed by atoms with Crippen LogP contribution >= 0.6 is 0 Å². The van der Waals surface area contributed by atoms with Gasteiger partial charge in [0.2, 0.25) is 0 Å². The highest BCUT2D eigenvalue weighted by atomic mass is 14.6. The second kappa shape index (κ2) is 4.12.